The topological polar surface area (TPSA) is 12.9 Å². The van der Waals surface area contributed by atoms with Crippen molar-refractivity contribution >= 4 is 54.4 Å². The molecule has 2 rings (SSSR count). The van der Waals surface area contributed by atoms with Gasteiger partial charge in [0.1, 0.15) is 5.82 Å². The van der Waals surface area contributed by atoms with Gasteiger partial charge in [0.25, 0.3) is 0 Å². The summed E-state index contributed by atoms with van der Waals surface area (Å²) in [4.78, 5) is 4.08. The number of hydrogen-bond donors (Lipinski definition) is 0. The second-order valence-electron chi connectivity index (χ2n) is 2.67. The predicted octanol–water partition coefficient (Wildman–Crippen LogP) is 4.55. The van der Waals surface area contributed by atoms with Crippen LogP contribution in [-0.4, -0.2) is 4.98 Å². The summed E-state index contributed by atoms with van der Waals surface area (Å²) < 4.78 is 14.8. The van der Waals surface area contributed by atoms with Gasteiger partial charge in [-0.1, -0.05) is 11.6 Å². The number of pyridine rings is 1. The molecule has 72 valence electrons. The summed E-state index contributed by atoms with van der Waals surface area (Å²) in [5, 5.41) is 0.671. The van der Waals surface area contributed by atoms with Crippen molar-refractivity contribution in [3.8, 4) is 0 Å². The molecule has 0 amide bonds. The molecule has 1 nitrogen and oxygen atoms in total. The summed E-state index contributed by atoms with van der Waals surface area (Å²) in [6.07, 6.45) is 1.55. The summed E-state index contributed by atoms with van der Waals surface area (Å²) >= 11 is 12.4. The molecule has 1 aromatic carbocycles. The van der Waals surface area contributed by atoms with Crippen molar-refractivity contribution in [1.29, 1.82) is 0 Å². The smallest absolute Gasteiger partial charge is 0.134 e. The van der Waals surface area contributed by atoms with Gasteiger partial charge in [-0.2, -0.15) is 0 Å². The molecule has 2 aromatic rings. The Bertz CT molecular complexity index is 516. The number of halogens is 4. The quantitative estimate of drug-likeness (QED) is 0.686. The zero-order chi connectivity index (χ0) is 10.3. The van der Waals surface area contributed by atoms with Crippen LogP contribution in [0.25, 0.3) is 10.9 Å². The monoisotopic (exact) mass is 337 g/mol. The highest BCUT2D eigenvalue weighted by Gasteiger charge is 2.11. The third-order valence-electron chi connectivity index (χ3n) is 1.81. The van der Waals surface area contributed by atoms with Crippen LogP contribution in [0.4, 0.5) is 4.39 Å². The molecule has 0 N–H and O–H groups in total. The largest absolute Gasteiger partial charge is 0.254 e. The summed E-state index contributed by atoms with van der Waals surface area (Å²) in [6.45, 7) is 0. The van der Waals surface area contributed by atoms with Gasteiger partial charge in [0.15, 0.2) is 0 Å². The molecule has 0 spiro atoms. The Kier molecular flexibility index (Phi) is 2.77. The predicted molar refractivity (Wildman–Crippen MR) is 62.1 cm³/mol. The van der Waals surface area contributed by atoms with E-state index in [1.165, 1.54) is 6.07 Å². The maximum Gasteiger partial charge on any atom is 0.134 e. The van der Waals surface area contributed by atoms with Crippen LogP contribution in [0.2, 0.25) is 5.02 Å². The van der Waals surface area contributed by atoms with Gasteiger partial charge in [0, 0.05) is 10.7 Å². The number of nitrogens with zero attached hydrogens (tertiary/aromatic N) is 1. The highest BCUT2D eigenvalue weighted by atomic mass is 79.9. The van der Waals surface area contributed by atoms with Gasteiger partial charge in [-0.3, -0.25) is 4.98 Å². The molecule has 1 aromatic heterocycles. The standard InChI is InChI=1S/C9H3Br2ClFN/c10-4-1-2-6(13)7-8(12)5(11)3-14-9(4)7/h1-3H. The highest BCUT2D eigenvalue weighted by molar-refractivity contribution is 9.11. The molecular formula is C9H3Br2ClFN. The molecule has 0 saturated carbocycles. The summed E-state index contributed by atoms with van der Waals surface area (Å²) in [5.74, 6) is -0.373. The number of hydrogen-bond acceptors (Lipinski definition) is 1. The minimum atomic E-state index is -0.373. The molecule has 0 saturated heterocycles. The van der Waals surface area contributed by atoms with E-state index >= 15 is 0 Å². The van der Waals surface area contributed by atoms with Crippen molar-refractivity contribution in [1.82, 2.24) is 4.98 Å². The maximum atomic E-state index is 13.4. The van der Waals surface area contributed by atoms with E-state index in [2.05, 4.69) is 36.8 Å². The van der Waals surface area contributed by atoms with Gasteiger partial charge in [-0.05, 0) is 44.0 Å². The van der Waals surface area contributed by atoms with Crippen LogP contribution in [0, 0.1) is 5.82 Å². The van der Waals surface area contributed by atoms with Crippen LogP contribution in [0.15, 0.2) is 27.3 Å². The second-order valence-corrected chi connectivity index (χ2v) is 4.76. The molecule has 0 unspecified atom stereocenters. The Morgan fingerprint density at radius 2 is 1.93 bits per heavy atom. The van der Waals surface area contributed by atoms with Crippen molar-refractivity contribution in [3.05, 3.63) is 38.1 Å². The Balaban J connectivity index is 3.01. The fourth-order valence-electron chi connectivity index (χ4n) is 1.17. The third kappa shape index (κ3) is 1.55. The molecule has 0 fully saturated rings. The maximum absolute atomic E-state index is 13.4. The number of rotatable bonds is 0. The summed E-state index contributed by atoms with van der Waals surface area (Å²) in [6, 6.07) is 2.96. The van der Waals surface area contributed by atoms with Gasteiger partial charge in [0.05, 0.1) is 20.4 Å². The molecule has 0 aliphatic carbocycles. The van der Waals surface area contributed by atoms with E-state index in [0.29, 0.717) is 20.4 Å². The van der Waals surface area contributed by atoms with Crippen LogP contribution in [0.5, 0.6) is 0 Å². The second kappa shape index (κ2) is 3.76. The lowest BCUT2D eigenvalue weighted by Gasteiger charge is -2.04. The lowest BCUT2D eigenvalue weighted by Crippen LogP contribution is -1.87. The number of benzene rings is 1. The van der Waals surface area contributed by atoms with Crippen LogP contribution >= 0.6 is 43.5 Å². The molecule has 1 heterocycles. The molecule has 0 aliphatic rings. The average Bonchev–Trinajstić information content (AvgIpc) is 2.16. The van der Waals surface area contributed by atoms with Gasteiger partial charge >= 0.3 is 0 Å². The molecule has 0 atom stereocenters. The molecule has 5 heteroatoms. The van der Waals surface area contributed by atoms with Crippen LogP contribution < -0.4 is 0 Å². The summed E-state index contributed by atoms with van der Waals surface area (Å²) in [5.41, 5.74) is 0.526. The van der Waals surface area contributed by atoms with E-state index < -0.39 is 0 Å². The zero-order valence-corrected chi connectivity index (χ0v) is 10.6. The SMILES string of the molecule is Fc1ccc(Br)c2ncc(Br)c(Cl)c12. The van der Waals surface area contributed by atoms with Crippen molar-refractivity contribution in [2.45, 2.75) is 0 Å². The van der Waals surface area contributed by atoms with Gasteiger partial charge < -0.3 is 0 Å². The van der Waals surface area contributed by atoms with Gasteiger partial charge in [-0.25, -0.2) is 4.39 Å². The molecule has 14 heavy (non-hydrogen) atoms. The average molecular weight is 339 g/mol. The van der Waals surface area contributed by atoms with E-state index in [0.717, 1.165) is 4.47 Å². The van der Waals surface area contributed by atoms with Gasteiger partial charge in [-0.15, -0.1) is 0 Å². The Morgan fingerprint density at radius 3 is 2.64 bits per heavy atom. The number of aromatic nitrogens is 1. The molecular weight excluding hydrogens is 336 g/mol. The lowest BCUT2D eigenvalue weighted by molar-refractivity contribution is 0.639. The Labute approximate surface area is 102 Å². The highest BCUT2D eigenvalue weighted by Crippen LogP contribution is 2.34. The van der Waals surface area contributed by atoms with E-state index in [-0.39, 0.29) is 5.82 Å². The molecule has 0 aliphatic heterocycles. The van der Waals surface area contributed by atoms with Crippen molar-refractivity contribution < 1.29 is 4.39 Å². The van der Waals surface area contributed by atoms with E-state index in [1.807, 2.05) is 0 Å². The fraction of sp³-hybridized carbons (Fsp3) is 0. The van der Waals surface area contributed by atoms with E-state index in [9.17, 15) is 4.39 Å². The Hall–Kier alpha value is -0.190. The molecule has 0 bridgehead atoms. The zero-order valence-electron chi connectivity index (χ0n) is 6.69. The first-order valence-electron chi connectivity index (χ1n) is 3.69. The van der Waals surface area contributed by atoms with Crippen molar-refractivity contribution in [3.63, 3.8) is 0 Å². The van der Waals surface area contributed by atoms with Crippen LogP contribution in [0.1, 0.15) is 0 Å². The molecule has 0 radical (unpaired) electrons. The first-order valence-corrected chi connectivity index (χ1v) is 5.65. The Morgan fingerprint density at radius 1 is 1.21 bits per heavy atom. The lowest BCUT2D eigenvalue weighted by atomic mass is 10.2. The minimum absolute atomic E-state index is 0.329. The van der Waals surface area contributed by atoms with E-state index in [4.69, 9.17) is 11.6 Å². The van der Waals surface area contributed by atoms with E-state index in [1.54, 1.807) is 12.3 Å². The first kappa shape index (κ1) is 10.3. The van der Waals surface area contributed by atoms with Crippen molar-refractivity contribution in [2.24, 2.45) is 0 Å². The van der Waals surface area contributed by atoms with Crippen LogP contribution in [-0.2, 0) is 0 Å². The first-order chi connectivity index (χ1) is 6.61. The van der Waals surface area contributed by atoms with Gasteiger partial charge in [0.2, 0.25) is 0 Å². The van der Waals surface area contributed by atoms with Crippen LogP contribution in [0.3, 0.4) is 0 Å². The normalized spacial score (nSPS) is 10.9. The third-order valence-corrected chi connectivity index (χ3v) is 3.68. The number of fused-ring (bicyclic) bond motifs is 1. The summed E-state index contributed by atoms with van der Waals surface area (Å²) in [7, 11) is 0. The fourth-order valence-corrected chi connectivity index (χ4v) is 2.14. The minimum Gasteiger partial charge on any atom is -0.254 e. The van der Waals surface area contributed by atoms with Crippen molar-refractivity contribution in [2.75, 3.05) is 0 Å².